The first-order valence-electron chi connectivity index (χ1n) is 8.19. The van der Waals surface area contributed by atoms with Gasteiger partial charge in [0.05, 0.1) is 13.2 Å². The predicted molar refractivity (Wildman–Crippen MR) is 92.3 cm³/mol. The molecule has 0 fully saturated rings. The Bertz CT molecular complexity index is 376. The van der Waals surface area contributed by atoms with Crippen molar-refractivity contribution < 1.29 is 15.3 Å². The molecule has 0 spiro atoms. The van der Waals surface area contributed by atoms with Crippen LogP contribution < -0.4 is 10.5 Å². The summed E-state index contributed by atoms with van der Waals surface area (Å²) in [6, 6.07) is 8.21. The van der Waals surface area contributed by atoms with Crippen LogP contribution in [0.4, 0.5) is 0 Å². The predicted octanol–water partition coefficient (Wildman–Crippen LogP) is 2.85. The number of aliphatic hydroxyl groups excluding tert-OH is 1. The molecule has 0 heterocycles. The van der Waals surface area contributed by atoms with Crippen molar-refractivity contribution >= 4 is 0 Å². The first-order chi connectivity index (χ1) is 10.1. The fourth-order valence-corrected chi connectivity index (χ4v) is 2.16. The van der Waals surface area contributed by atoms with Crippen LogP contribution in [-0.4, -0.2) is 29.3 Å². The average molecular weight is 311 g/mol. The molecule has 0 aromatic heterocycles. The fourth-order valence-electron chi connectivity index (χ4n) is 2.16. The number of benzene rings is 1. The van der Waals surface area contributed by atoms with Gasteiger partial charge in [-0.05, 0) is 43.9 Å². The minimum absolute atomic E-state index is 0. The number of ether oxygens (including phenoxy) is 1. The van der Waals surface area contributed by atoms with Crippen molar-refractivity contribution in [3.63, 3.8) is 0 Å². The fraction of sp³-hybridized carbons (Fsp3) is 0.667. The molecule has 0 aliphatic heterocycles. The Balaban J connectivity index is 0.00000441. The van der Waals surface area contributed by atoms with Crippen molar-refractivity contribution in [3.05, 3.63) is 29.8 Å². The molecule has 128 valence electrons. The monoisotopic (exact) mass is 311 g/mol. The Morgan fingerprint density at radius 1 is 1.09 bits per heavy atom. The van der Waals surface area contributed by atoms with Crippen LogP contribution in [0.1, 0.15) is 57.9 Å². The van der Waals surface area contributed by atoms with Crippen LogP contribution in [0.3, 0.4) is 0 Å². The van der Waals surface area contributed by atoms with E-state index in [0.717, 1.165) is 31.6 Å². The summed E-state index contributed by atoms with van der Waals surface area (Å²) < 4.78 is 5.74. The van der Waals surface area contributed by atoms with Gasteiger partial charge >= 0.3 is 0 Å². The van der Waals surface area contributed by atoms with Crippen LogP contribution >= 0.6 is 0 Å². The quantitative estimate of drug-likeness (QED) is 0.616. The lowest BCUT2D eigenvalue weighted by atomic mass is 9.95. The number of aryl methyl sites for hydroxylation is 1. The van der Waals surface area contributed by atoms with E-state index in [1.807, 2.05) is 19.1 Å². The van der Waals surface area contributed by atoms with E-state index in [2.05, 4.69) is 19.1 Å². The summed E-state index contributed by atoms with van der Waals surface area (Å²) in [5.74, 6) is 0.937. The molecule has 0 aliphatic rings. The van der Waals surface area contributed by atoms with E-state index >= 15 is 0 Å². The molecule has 1 atom stereocenters. The summed E-state index contributed by atoms with van der Waals surface area (Å²) >= 11 is 0. The maximum absolute atomic E-state index is 9.15. The summed E-state index contributed by atoms with van der Waals surface area (Å²) in [6.07, 6.45) is 7.95. The zero-order chi connectivity index (χ0) is 15.6. The van der Waals surface area contributed by atoms with Crippen molar-refractivity contribution in [1.82, 2.24) is 0 Å². The van der Waals surface area contributed by atoms with E-state index in [4.69, 9.17) is 15.6 Å². The largest absolute Gasteiger partial charge is 0.494 e. The molecule has 22 heavy (non-hydrogen) atoms. The van der Waals surface area contributed by atoms with Gasteiger partial charge in [0.25, 0.3) is 0 Å². The Morgan fingerprint density at radius 3 is 2.32 bits per heavy atom. The van der Waals surface area contributed by atoms with E-state index in [0.29, 0.717) is 0 Å². The second-order valence-electron chi connectivity index (χ2n) is 6.22. The SMILES string of the molecule is CCCCCCCOc1ccc(CCC(C)(N)CO)cc1.O. The summed E-state index contributed by atoms with van der Waals surface area (Å²) in [6.45, 7) is 4.93. The number of hydrogen-bond acceptors (Lipinski definition) is 3. The van der Waals surface area contributed by atoms with E-state index < -0.39 is 5.54 Å². The molecule has 0 bridgehead atoms. The van der Waals surface area contributed by atoms with Crippen LogP contribution in [0.15, 0.2) is 24.3 Å². The third-order valence-corrected chi connectivity index (χ3v) is 3.79. The first-order valence-corrected chi connectivity index (χ1v) is 8.19. The van der Waals surface area contributed by atoms with Gasteiger partial charge in [0.1, 0.15) is 5.75 Å². The van der Waals surface area contributed by atoms with Gasteiger partial charge < -0.3 is 21.1 Å². The van der Waals surface area contributed by atoms with Crippen molar-refractivity contribution in [2.24, 2.45) is 5.73 Å². The van der Waals surface area contributed by atoms with Gasteiger partial charge in [0.15, 0.2) is 0 Å². The van der Waals surface area contributed by atoms with Crippen molar-refractivity contribution in [2.45, 2.75) is 64.3 Å². The summed E-state index contributed by atoms with van der Waals surface area (Å²) in [7, 11) is 0. The Kier molecular flexibility index (Phi) is 10.9. The lowest BCUT2D eigenvalue weighted by Crippen LogP contribution is -2.40. The molecule has 1 unspecified atom stereocenters. The van der Waals surface area contributed by atoms with Gasteiger partial charge in [-0.3, -0.25) is 0 Å². The highest BCUT2D eigenvalue weighted by Crippen LogP contribution is 2.16. The lowest BCUT2D eigenvalue weighted by molar-refractivity contribution is 0.200. The van der Waals surface area contributed by atoms with E-state index in [-0.39, 0.29) is 12.1 Å². The lowest BCUT2D eigenvalue weighted by Gasteiger charge is -2.21. The van der Waals surface area contributed by atoms with E-state index in [1.165, 1.54) is 31.2 Å². The molecule has 4 heteroatoms. The topological polar surface area (TPSA) is 87.0 Å². The highest BCUT2D eigenvalue weighted by Gasteiger charge is 2.16. The number of unbranched alkanes of at least 4 members (excludes halogenated alkanes) is 4. The molecule has 0 aliphatic carbocycles. The molecule has 0 saturated carbocycles. The van der Waals surface area contributed by atoms with Gasteiger partial charge in [-0.2, -0.15) is 0 Å². The van der Waals surface area contributed by atoms with Gasteiger partial charge in [0, 0.05) is 5.54 Å². The van der Waals surface area contributed by atoms with Gasteiger partial charge in [-0.25, -0.2) is 0 Å². The van der Waals surface area contributed by atoms with E-state index in [9.17, 15) is 0 Å². The summed E-state index contributed by atoms with van der Waals surface area (Å²) in [5, 5.41) is 9.15. The number of aliphatic hydroxyl groups is 1. The maximum atomic E-state index is 9.15. The van der Waals surface area contributed by atoms with E-state index in [1.54, 1.807) is 0 Å². The van der Waals surface area contributed by atoms with Crippen molar-refractivity contribution in [2.75, 3.05) is 13.2 Å². The third-order valence-electron chi connectivity index (χ3n) is 3.79. The molecule has 0 saturated heterocycles. The zero-order valence-electron chi connectivity index (χ0n) is 14.1. The standard InChI is InChI=1S/C18H31NO2.H2O/c1-3-4-5-6-7-14-21-17-10-8-16(9-11-17)12-13-18(2,19)15-20;/h8-11,20H,3-7,12-15,19H2,1-2H3;1H2. The zero-order valence-corrected chi connectivity index (χ0v) is 14.1. The Hall–Kier alpha value is -1.10. The summed E-state index contributed by atoms with van der Waals surface area (Å²) in [5.41, 5.74) is 6.67. The molecular weight excluding hydrogens is 278 g/mol. The van der Waals surface area contributed by atoms with Crippen LogP contribution in [-0.2, 0) is 6.42 Å². The second-order valence-corrected chi connectivity index (χ2v) is 6.22. The number of rotatable bonds is 11. The van der Waals surface area contributed by atoms with Gasteiger partial charge in [-0.15, -0.1) is 0 Å². The number of nitrogens with two attached hydrogens (primary N) is 1. The molecule has 1 aromatic carbocycles. The van der Waals surface area contributed by atoms with Gasteiger partial charge in [0.2, 0.25) is 0 Å². The van der Waals surface area contributed by atoms with Gasteiger partial charge in [-0.1, -0.05) is 44.7 Å². The number of hydrogen-bond donors (Lipinski definition) is 2. The molecule has 0 amide bonds. The van der Waals surface area contributed by atoms with Crippen molar-refractivity contribution in [1.29, 1.82) is 0 Å². The summed E-state index contributed by atoms with van der Waals surface area (Å²) in [4.78, 5) is 0. The molecule has 5 N–H and O–H groups in total. The second kappa shape index (κ2) is 11.5. The average Bonchev–Trinajstić information content (AvgIpc) is 2.50. The minimum Gasteiger partial charge on any atom is -0.494 e. The van der Waals surface area contributed by atoms with Crippen LogP contribution in [0.2, 0.25) is 0 Å². The first kappa shape index (κ1) is 20.9. The van der Waals surface area contributed by atoms with Crippen LogP contribution in [0, 0.1) is 0 Å². The molecule has 1 aromatic rings. The minimum atomic E-state index is -0.492. The Morgan fingerprint density at radius 2 is 1.73 bits per heavy atom. The third kappa shape index (κ3) is 9.03. The molecule has 0 radical (unpaired) electrons. The highest BCUT2D eigenvalue weighted by molar-refractivity contribution is 5.27. The van der Waals surface area contributed by atoms with Crippen molar-refractivity contribution in [3.8, 4) is 5.75 Å². The smallest absolute Gasteiger partial charge is 0.119 e. The molecule has 1 rings (SSSR count). The highest BCUT2D eigenvalue weighted by atomic mass is 16.5. The Labute approximate surface area is 135 Å². The maximum Gasteiger partial charge on any atom is 0.119 e. The van der Waals surface area contributed by atoms with Crippen LogP contribution in [0.25, 0.3) is 0 Å². The normalized spacial score (nSPS) is 13.3. The molecular formula is C18H33NO3. The molecule has 4 nitrogen and oxygen atoms in total. The van der Waals surface area contributed by atoms with Crippen LogP contribution in [0.5, 0.6) is 5.75 Å².